The minimum absolute atomic E-state index is 0.0147. The van der Waals surface area contributed by atoms with Gasteiger partial charge in [-0.2, -0.15) is 0 Å². The van der Waals surface area contributed by atoms with Crippen molar-refractivity contribution in [3.05, 3.63) is 60.2 Å². The van der Waals surface area contributed by atoms with E-state index in [4.69, 9.17) is 9.47 Å². The second-order valence-electron chi connectivity index (χ2n) is 9.29. The fourth-order valence-electron chi connectivity index (χ4n) is 4.47. The Morgan fingerprint density at radius 1 is 0.632 bits per heavy atom. The highest BCUT2D eigenvalue weighted by atomic mass is 16.6. The second kappa shape index (κ2) is 16.9. The first-order valence-electron chi connectivity index (χ1n) is 14.0. The number of aliphatic hydroxyl groups excluding tert-OH is 2. The average molecular weight is 525 g/mol. The largest absolute Gasteiger partial charge is 0.388 e. The zero-order chi connectivity index (χ0) is 27.0. The number of aromatic nitrogens is 4. The molecule has 0 radical (unpaired) electrons. The zero-order valence-corrected chi connectivity index (χ0v) is 23.0. The van der Waals surface area contributed by atoms with Crippen molar-refractivity contribution < 1.29 is 19.7 Å². The molecule has 208 valence electrons. The van der Waals surface area contributed by atoms with Crippen molar-refractivity contribution in [1.82, 2.24) is 19.1 Å². The number of para-hydroxylation sites is 4. The van der Waals surface area contributed by atoms with Crippen LogP contribution in [-0.2, 0) is 35.8 Å². The van der Waals surface area contributed by atoms with Crippen LogP contribution in [0.4, 0.5) is 0 Å². The number of rotatable bonds is 10. The van der Waals surface area contributed by atoms with Crippen molar-refractivity contribution in [2.24, 2.45) is 0 Å². The van der Waals surface area contributed by atoms with Crippen LogP contribution < -0.4 is 0 Å². The van der Waals surface area contributed by atoms with Crippen molar-refractivity contribution in [3.63, 3.8) is 0 Å². The van der Waals surface area contributed by atoms with E-state index < -0.39 is 0 Å². The molecule has 2 N–H and O–H groups in total. The number of unbranched alkanes of at least 4 members (excludes halogenated alkanes) is 4. The third-order valence-electron chi connectivity index (χ3n) is 6.46. The fraction of sp³-hybridized carbons (Fsp3) is 0.533. The van der Waals surface area contributed by atoms with Gasteiger partial charge in [0, 0.05) is 13.1 Å². The smallest absolute Gasteiger partial charge is 0.135 e. The fourth-order valence-corrected chi connectivity index (χ4v) is 4.47. The first-order valence-corrected chi connectivity index (χ1v) is 14.0. The summed E-state index contributed by atoms with van der Waals surface area (Å²) in [4.78, 5) is 8.85. The lowest BCUT2D eigenvalue weighted by molar-refractivity contribution is -0.0334. The molecule has 1 fully saturated rings. The SMILES string of the molecule is C1COCCO1.CCCCCn1c(CO)nc2ccccc21.CCCCCn1c(CO)nc2ccccc21. The van der Waals surface area contributed by atoms with Gasteiger partial charge in [-0.25, -0.2) is 9.97 Å². The van der Waals surface area contributed by atoms with Gasteiger partial charge in [0.2, 0.25) is 0 Å². The number of aryl methyl sites for hydroxylation is 2. The molecule has 8 heteroatoms. The van der Waals surface area contributed by atoms with Crippen LogP contribution in [0.15, 0.2) is 48.5 Å². The lowest BCUT2D eigenvalue weighted by Gasteiger charge is -2.09. The van der Waals surface area contributed by atoms with Crippen LogP contribution in [0.5, 0.6) is 0 Å². The van der Waals surface area contributed by atoms with Crippen LogP contribution >= 0.6 is 0 Å². The Morgan fingerprint density at radius 2 is 1.03 bits per heavy atom. The van der Waals surface area contributed by atoms with E-state index in [1.54, 1.807) is 0 Å². The molecule has 3 heterocycles. The van der Waals surface area contributed by atoms with Gasteiger partial charge in [-0.1, -0.05) is 63.8 Å². The first-order chi connectivity index (χ1) is 18.7. The number of aliphatic hydroxyl groups is 2. The van der Waals surface area contributed by atoms with E-state index in [9.17, 15) is 10.2 Å². The highest BCUT2D eigenvalue weighted by Gasteiger charge is 2.09. The van der Waals surface area contributed by atoms with Gasteiger partial charge >= 0.3 is 0 Å². The summed E-state index contributed by atoms with van der Waals surface area (Å²) in [5, 5.41) is 18.6. The highest BCUT2D eigenvalue weighted by molar-refractivity contribution is 5.76. The summed E-state index contributed by atoms with van der Waals surface area (Å²) in [7, 11) is 0. The van der Waals surface area contributed by atoms with Gasteiger partial charge in [-0.05, 0) is 37.1 Å². The van der Waals surface area contributed by atoms with Gasteiger partial charge in [-0.15, -0.1) is 0 Å². The summed E-state index contributed by atoms with van der Waals surface area (Å²) in [6, 6.07) is 16.1. The number of fused-ring (bicyclic) bond motifs is 2. The van der Waals surface area contributed by atoms with Gasteiger partial charge in [0.15, 0.2) is 0 Å². The molecule has 1 aliphatic rings. The van der Waals surface area contributed by atoms with Gasteiger partial charge in [0.1, 0.15) is 24.9 Å². The number of nitrogens with zero attached hydrogens (tertiary/aromatic N) is 4. The van der Waals surface area contributed by atoms with Crippen LogP contribution in [-0.4, -0.2) is 55.7 Å². The van der Waals surface area contributed by atoms with Gasteiger partial charge < -0.3 is 28.8 Å². The van der Waals surface area contributed by atoms with Crippen molar-refractivity contribution >= 4 is 22.1 Å². The van der Waals surface area contributed by atoms with Gasteiger partial charge in [-0.3, -0.25) is 0 Å². The lowest BCUT2D eigenvalue weighted by atomic mass is 10.2. The molecular weight excluding hydrogens is 480 g/mol. The molecule has 2 aromatic carbocycles. The summed E-state index contributed by atoms with van der Waals surface area (Å²) in [5.74, 6) is 1.55. The van der Waals surface area contributed by atoms with E-state index in [-0.39, 0.29) is 13.2 Å². The summed E-state index contributed by atoms with van der Waals surface area (Å²) in [6.07, 6.45) is 7.14. The molecular formula is C30H44N4O4. The molecule has 0 spiro atoms. The second-order valence-corrected chi connectivity index (χ2v) is 9.29. The maximum absolute atomic E-state index is 9.29. The third kappa shape index (κ3) is 8.63. The first kappa shape index (κ1) is 29.8. The maximum atomic E-state index is 9.29. The Hall–Kier alpha value is -2.78. The van der Waals surface area contributed by atoms with Gasteiger partial charge in [0.25, 0.3) is 0 Å². The Labute approximate surface area is 226 Å². The standard InChI is InChI=1S/2C13H18N2O.C4H8O2/c2*1-2-3-6-9-15-12-8-5-4-7-11(12)14-13(15)10-16;1-2-6-4-3-5-1/h2*4-5,7-8,16H,2-3,6,9-10H2,1H3;1-4H2. The Morgan fingerprint density at radius 3 is 1.37 bits per heavy atom. The number of ether oxygens (including phenoxy) is 2. The van der Waals surface area contributed by atoms with E-state index in [1.165, 1.54) is 25.7 Å². The van der Waals surface area contributed by atoms with Crippen LogP contribution in [0.1, 0.15) is 64.0 Å². The van der Waals surface area contributed by atoms with E-state index in [0.29, 0.717) is 0 Å². The van der Waals surface area contributed by atoms with Crippen molar-refractivity contribution in [2.75, 3.05) is 26.4 Å². The number of hydrogen-bond acceptors (Lipinski definition) is 6. The Bertz CT molecular complexity index is 1100. The van der Waals surface area contributed by atoms with Gasteiger partial charge in [0.05, 0.1) is 48.5 Å². The molecule has 2 aromatic heterocycles. The molecule has 0 aliphatic carbocycles. The lowest BCUT2D eigenvalue weighted by Crippen LogP contribution is -2.16. The predicted molar refractivity (Wildman–Crippen MR) is 152 cm³/mol. The topological polar surface area (TPSA) is 94.6 Å². The van der Waals surface area contributed by atoms with E-state index in [1.807, 2.05) is 36.4 Å². The summed E-state index contributed by atoms with van der Waals surface area (Å²) < 4.78 is 14.1. The molecule has 8 nitrogen and oxygen atoms in total. The molecule has 5 rings (SSSR count). The average Bonchev–Trinajstić information content (AvgIpc) is 3.53. The summed E-state index contributed by atoms with van der Waals surface area (Å²) >= 11 is 0. The molecule has 38 heavy (non-hydrogen) atoms. The number of imidazole rings is 2. The molecule has 0 unspecified atom stereocenters. The van der Waals surface area contributed by atoms with Crippen LogP contribution in [0, 0.1) is 0 Å². The zero-order valence-electron chi connectivity index (χ0n) is 23.0. The molecule has 0 bridgehead atoms. The highest BCUT2D eigenvalue weighted by Crippen LogP contribution is 2.18. The molecule has 0 saturated carbocycles. The quantitative estimate of drug-likeness (QED) is 0.267. The van der Waals surface area contributed by atoms with Crippen molar-refractivity contribution in [2.45, 2.75) is 78.7 Å². The Balaban J connectivity index is 0.000000173. The minimum atomic E-state index is 0.0147. The number of benzene rings is 2. The molecule has 4 aromatic rings. The monoisotopic (exact) mass is 524 g/mol. The minimum Gasteiger partial charge on any atom is -0.388 e. The molecule has 0 amide bonds. The Kier molecular flexibility index (Phi) is 13.3. The van der Waals surface area contributed by atoms with Crippen LogP contribution in [0.2, 0.25) is 0 Å². The van der Waals surface area contributed by atoms with E-state index in [0.717, 1.165) is 86.1 Å². The number of hydrogen-bond donors (Lipinski definition) is 2. The van der Waals surface area contributed by atoms with Crippen LogP contribution in [0.25, 0.3) is 22.1 Å². The predicted octanol–water partition coefficient (Wildman–Crippen LogP) is 5.47. The molecule has 1 saturated heterocycles. The van der Waals surface area contributed by atoms with E-state index >= 15 is 0 Å². The molecule has 1 aliphatic heterocycles. The van der Waals surface area contributed by atoms with E-state index in [2.05, 4.69) is 45.1 Å². The van der Waals surface area contributed by atoms with Crippen molar-refractivity contribution in [3.8, 4) is 0 Å². The third-order valence-corrected chi connectivity index (χ3v) is 6.46. The molecule has 0 atom stereocenters. The van der Waals surface area contributed by atoms with Crippen LogP contribution in [0.3, 0.4) is 0 Å². The summed E-state index contributed by atoms with van der Waals surface area (Å²) in [5.41, 5.74) is 4.21. The summed E-state index contributed by atoms with van der Waals surface area (Å²) in [6.45, 7) is 9.42. The normalized spacial score (nSPS) is 13.2. The van der Waals surface area contributed by atoms with Crippen molar-refractivity contribution in [1.29, 1.82) is 0 Å². The maximum Gasteiger partial charge on any atom is 0.135 e.